The van der Waals surface area contributed by atoms with Gasteiger partial charge in [0.1, 0.15) is 0 Å². The van der Waals surface area contributed by atoms with Crippen LogP contribution in [-0.4, -0.2) is 64.4 Å². The fourth-order valence-electron chi connectivity index (χ4n) is 3.50. The summed E-state index contributed by atoms with van der Waals surface area (Å²) in [5, 5.41) is 4.22. The van der Waals surface area contributed by atoms with Gasteiger partial charge in [0.15, 0.2) is 0 Å². The molecule has 3 rings (SSSR count). The van der Waals surface area contributed by atoms with Crippen LogP contribution in [0.2, 0.25) is 0 Å². The first-order chi connectivity index (χ1) is 11.2. The number of rotatable bonds is 5. The number of ether oxygens (including phenoxy) is 1. The highest BCUT2D eigenvalue weighted by Crippen LogP contribution is 2.18. The molecule has 1 aromatic rings. The van der Waals surface area contributed by atoms with Crippen molar-refractivity contribution in [2.45, 2.75) is 44.8 Å². The molecule has 0 N–H and O–H groups in total. The molecule has 23 heavy (non-hydrogen) atoms. The molecular weight excluding hydrogens is 292 g/mol. The van der Waals surface area contributed by atoms with E-state index in [1.165, 1.54) is 5.56 Å². The van der Waals surface area contributed by atoms with Crippen molar-refractivity contribution in [3.05, 3.63) is 18.0 Å². The molecule has 1 aromatic heterocycles. The van der Waals surface area contributed by atoms with Crippen LogP contribution in [0, 0.1) is 0 Å². The number of aryl methyl sites for hydroxylation is 1. The van der Waals surface area contributed by atoms with E-state index in [9.17, 15) is 4.79 Å². The first-order valence-corrected chi connectivity index (χ1v) is 8.80. The maximum atomic E-state index is 12.4. The molecule has 128 valence electrons. The standard InChI is InChI=1S/C17H28N4O2/c1-19-13-15(12-18-19)14-20-7-3-8-21(10-9-20)17(22)6-5-16-4-2-11-23-16/h12-13,16H,2-11,14H2,1H3/t16-/m1/s1. The maximum Gasteiger partial charge on any atom is 0.222 e. The summed E-state index contributed by atoms with van der Waals surface area (Å²) in [6.07, 6.45) is 9.13. The molecule has 1 amide bonds. The molecule has 0 unspecified atom stereocenters. The summed E-state index contributed by atoms with van der Waals surface area (Å²) in [5.41, 5.74) is 1.24. The normalized spacial score (nSPS) is 23.2. The molecule has 6 heteroatoms. The van der Waals surface area contributed by atoms with Crippen LogP contribution < -0.4 is 0 Å². The third-order valence-electron chi connectivity index (χ3n) is 4.81. The number of carbonyl (C=O) groups excluding carboxylic acids is 1. The Labute approximate surface area is 138 Å². The molecule has 1 atom stereocenters. The van der Waals surface area contributed by atoms with Gasteiger partial charge in [0.2, 0.25) is 5.91 Å². The smallest absolute Gasteiger partial charge is 0.222 e. The minimum atomic E-state index is 0.295. The Kier molecular flexibility index (Phi) is 5.67. The molecule has 0 aliphatic carbocycles. The predicted molar refractivity (Wildman–Crippen MR) is 87.9 cm³/mol. The van der Waals surface area contributed by atoms with Gasteiger partial charge in [-0.25, -0.2) is 0 Å². The first-order valence-electron chi connectivity index (χ1n) is 8.80. The summed E-state index contributed by atoms with van der Waals surface area (Å²) in [6, 6.07) is 0. The molecule has 3 heterocycles. The van der Waals surface area contributed by atoms with Crippen molar-refractivity contribution >= 4 is 5.91 Å². The quantitative estimate of drug-likeness (QED) is 0.823. The lowest BCUT2D eigenvalue weighted by Crippen LogP contribution is -2.35. The van der Waals surface area contributed by atoms with Crippen LogP contribution in [0.5, 0.6) is 0 Å². The minimum Gasteiger partial charge on any atom is -0.378 e. The van der Waals surface area contributed by atoms with Gasteiger partial charge in [0.25, 0.3) is 0 Å². The lowest BCUT2D eigenvalue weighted by molar-refractivity contribution is -0.131. The number of hydrogen-bond acceptors (Lipinski definition) is 4. The van der Waals surface area contributed by atoms with Crippen LogP contribution in [0.25, 0.3) is 0 Å². The third kappa shape index (κ3) is 4.78. The van der Waals surface area contributed by atoms with Crippen LogP contribution in [0.4, 0.5) is 0 Å². The number of nitrogens with zero attached hydrogens (tertiary/aromatic N) is 4. The molecule has 6 nitrogen and oxygen atoms in total. The second kappa shape index (κ2) is 7.93. The fourth-order valence-corrected chi connectivity index (χ4v) is 3.50. The minimum absolute atomic E-state index is 0.295. The van der Waals surface area contributed by atoms with E-state index in [4.69, 9.17) is 4.74 Å². The second-order valence-electron chi connectivity index (χ2n) is 6.71. The summed E-state index contributed by atoms with van der Waals surface area (Å²) in [5.74, 6) is 0.295. The topological polar surface area (TPSA) is 50.6 Å². The van der Waals surface area contributed by atoms with Gasteiger partial charge in [0, 0.05) is 64.6 Å². The molecule has 2 aliphatic heterocycles. The summed E-state index contributed by atoms with van der Waals surface area (Å²) in [7, 11) is 1.94. The Hall–Kier alpha value is -1.40. The number of amides is 1. The Morgan fingerprint density at radius 2 is 2.22 bits per heavy atom. The number of aromatic nitrogens is 2. The fraction of sp³-hybridized carbons (Fsp3) is 0.765. The monoisotopic (exact) mass is 320 g/mol. The van der Waals surface area contributed by atoms with Crippen LogP contribution in [0.1, 0.15) is 37.7 Å². The highest BCUT2D eigenvalue weighted by molar-refractivity contribution is 5.76. The van der Waals surface area contributed by atoms with Crippen LogP contribution in [0.15, 0.2) is 12.4 Å². The van der Waals surface area contributed by atoms with Crippen molar-refractivity contribution in [1.82, 2.24) is 19.6 Å². The molecule has 0 radical (unpaired) electrons. The van der Waals surface area contributed by atoms with Crippen molar-refractivity contribution in [3.63, 3.8) is 0 Å². The lowest BCUT2D eigenvalue weighted by atomic mass is 10.1. The zero-order valence-corrected chi connectivity index (χ0v) is 14.1. The summed E-state index contributed by atoms with van der Waals surface area (Å²) in [4.78, 5) is 16.9. The number of hydrogen-bond donors (Lipinski definition) is 0. The molecule has 0 aromatic carbocycles. The average Bonchev–Trinajstić information content (AvgIpc) is 3.13. The van der Waals surface area contributed by atoms with Crippen molar-refractivity contribution in [2.75, 3.05) is 32.8 Å². The van der Waals surface area contributed by atoms with Crippen LogP contribution in [-0.2, 0) is 23.1 Å². The highest BCUT2D eigenvalue weighted by Gasteiger charge is 2.22. The van der Waals surface area contributed by atoms with E-state index < -0.39 is 0 Å². The van der Waals surface area contributed by atoms with Gasteiger partial charge in [-0.05, 0) is 25.7 Å². The Morgan fingerprint density at radius 1 is 1.30 bits per heavy atom. The second-order valence-corrected chi connectivity index (χ2v) is 6.71. The van der Waals surface area contributed by atoms with Crippen molar-refractivity contribution < 1.29 is 9.53 Å². The van der Waals surface area contributed by atoms with E-state index in [-0.39, 0.29) is 0 Å². The Bertz CT molecular complexity index is 510. The van der Waals surface area contributed by atoms with Gasteiger partial charge in [-0.3, -0.25) is 14.4 Å². The van der Waals surface area contributed by atoms with Crippen LogP contribution in [0.3, 0.4) is 0 Å². The van der Waals surface area contributed by atoms with Crippen molar-refractivity contribution in [2.24, 2.45) is 7.05 Å². The summed E-state index contributed by atoms with van der Waals surface area (Å²) in [6.45, 7) is 5.50. The van der Waals surface area contributed by atoms with Gasteiger partial charge in [-0.1, -0.05) is 0 Å². The van der Waals surface area contributed by atoms with E-state index >= 15 is 0 Å². The third-order valence-corrected chi connectivity index (χ3v) is 4.81. The number of carbonyl (C=O) groups is 1. The first kappa shape index (κ1) is 16.5. The van der Waals surface area contributed by atoms with Crippen molar-refractivity contribution in [1.29, 1.82) is 0 Å². The van der Waals surface area contributed by atoms with Gasteiger partial charge < -0.3 is 9.64 Å². The zero-order chi connectivity index (χ0) is 16.1. The molecule has 2 fully saturated rings. The molecule has 2 saturated heterocycles. The molecular formula is C17H28N4O2. The molecule has 2 aliphatic rings. The summed E-state index contributed by atoms with van der Waals surface area (Å²) >= 11 is 0. The Morgan fingerprint density at radius 3 is 2.96 bits per heavy atom. The van der Waals surface area contributed by atoms with Gasteiger partial charge in [-0.15, -0.1) is 0 Å². The molecule has 0 spiro atoms. The van der Waals surface area contributed by atoms with Crippen molar-refractivity contribution in [3.8, 4) is 0 Å². The highest BCUT2D eigenvalue weighted by atomic mass is 16.5. The molecule has 0 saturated carbocycles. The summed E-state index contributed by atoms with van der Waals surface area (Å²) < 4.78 is 7.46. The zero-order valence-electron chi connectivity index (χ0n) is 14.1. The van der Waals surface area contributed by atoms with E-state index in [1.807, 2.05) is 22.8 Å². The van der Waals surface area contributed by atoms with Gasteiger partial charge in [-0.2, -0.15) is 5.10 Å². The van der Waals surface area contributed by atoms with Gasteiger partial charge >= 0.3 is 0 Å². The van der Waals surface area contributed by atoms with E-state index in [2.05, 4.69) is 16.2 Å². The van der Waals surface area contributed by atoms with Gasteiger partial charge in [0.05, 0.1) is 12.3 Å². The largest absolute Gasteiger partial charge is 0.378 e. The van der Waals surface area contributed by atoms with Crippen LogP contribution >= 0.6 is 0 Å². The van der Waals surface area contributed by atoms with E-state index in [0.29, 0.717) is 18.4 Å². The average molecular weight is 320 g/mol. The predicted octanol–water partition coefficient (Wildman–Crippen LogP) is 1.41. The van der Waals surface area contributed by atoms with E-state index in [1.54, 1.807) is 0 Å². The SMILES string of the molecule is Cn1cc(CN2CCCN(C(=O)CC[C@H]3CCCO3)CC2)cn1. The lowest BCUT2D eigenvalue weighted by Gasteiger charge is -2.22. The van der Waals surface area contributed by atoms with E-state index in [0.717, 1.165) is 65.0 Å². The molecule has 0 bridgehead atoms. The Balaban J connectivity index is 1.42. The maximum absolute atomic E-state index is 12.4.